The lowest BCUT2D eigenvalue weighted by Crippen LogP contribution is -2.30. The summed E-state index contributed by atoms with van der Waals surface area (Å²) in [4.78, 5) is 21.2. The second-order valence-electron chi connectivity index (χ2n) is 8.16. The Bertz CT molecular complexity index is 1320. The van der Waals surface area contributed by atoms with Crippen LogP contribution in [0.3, 0.4) is 0 Å². The molecule has 162 valence electrons. The fourth-order valence-corrected chi connectivity index (χ4v) is 5.05. The highest BCUT2D eigenvalue weighted by Crippen LogP contribution is 2.35. The van der Waals surface area contributed by atoms with Crippen LogP contribution in [0.25, 0.3) is 10.2 Å². The van der Waals surface area contributed by atoms with Crippen molar-refractivity contribution in [1.82, 2.24) is 9.88 Å². The maximum Gasteiger partial charge on any atom is 0.267 e. The summed E-state index contributed by atoms with van der Waals surface area (Å²) in [6.07, 6.45) is 0.861. The number of hydrogen-bond acceptors (Lipinski definition) is 5. The van der Waals surface area contributed by atoms with E-state index in [1.807, 2.05) is 6.07 Å². The molecule has 5 nitrogen and oxygen atoms in total. The minimum absolute atomic E-state index is 0.350. The normalized spacial score (nSPS) is 13.8. The number of thiophene rings is 1. The van der Waals surface area contributed by atoms with Gasteiger partial charge in [-0.2, -0.15) is 0 Å². The Morgan fingerprint density at radius 1 is 1.22 bits per heavy atom. The molecule has 3 N–H and O–H groups in total. The van der Waals surface area contributed by atoms with E-state index < -0.39 is 0 Å². The lowest BCUT2D eigenvalue weighted by Gasteiger charge is -2.28. The van der Waals surface area contributed by atoms with Crippen LogP contribution in [0.4, 0.5) is 15.8 Å². The number of nitrogen functional groups attached to an aromatic ring is 1. The van der Waals surface area contributed by atoms with Crippen LogP contribution in [-0.4, -0.2) is 22.3 Å². The van der Waals surface area contributed by atoms with E-state index in [4.69, 9.17) is 10.7 Å². The van der Waals surface area contributed by atoms with Gasteiger partial charge in [0.05, 0.1) is 5.69 Å². The molecule has 2 aromatic carbocycles. The van der Waals surface area contributed by atoms with Gasteiger partial charge in [-0.3, -0.25) is 9.69 Å². The molecular weight excluding hydrogens is 423 g/mol. The molecule has 4 aromatic rings. The molecule has 0 fully saturated rings. The molecule has 0 bridgehead atoms. The van der Waals surface area contributed by atoms with Gasteiger partial charge in [0, 0.05) is 42.8 Å². The van der Waals surface area contributed by atoms with Gasteiger partial charge in [0.2, 0.25) is 0 Å². The number of pyridine rings is 1. The highest BCUT2D eigenvalue weighted by Gasteiger charge is 2.23. The summed E-state index contributed by atoms with van der Waals surface area (Å²) in [5, 5.41) is 3.55. The van der Waals surface area contributed by atoms with Crippen molar-refractivity contribution in [1.29, 1.82) is 0 Å². The Hall–Kier alpha value is -3.29. The number of nitrogens with zero attached hydrogens (tertiary/aromatic N) is 2. The van der Waals surface area contributed by atoms with Gasteiger partial charge in [-0.05, 0) is 41.8 Å². The zero-order valence-electron chi connectivity index (χ0n) is 17.7. The van der Waals surface area contributed by atoms with E-state index in [0.29, 0.717) is 21.8 Å². The molecule has 1 aliphatic rings. The molecule has 0 radical (unpaired) electrons. The number of aryl methyl sites for hydroxylation is 1. The number of carbonyl (C=O) groups is 1. The van der Waals surface area contributed by atoms with Crippen molar-refractivity contribution in [3.63, 3.8) is 0 Å². The van der Waals surface area contributed by atoms with E-state index in [0.717, 1.165) is 47.5 Å². The van der Waals surface area contributed by atoms with Crippen molar-refractivity contribution in [2.45, 2.75) is 26.4 Å². The van der Waals surface area contributed by atoms with Crippen molar-refractivity contribution < 1.29 is 9.18 Å². The van der Waals surface area contributed by atoms with Crippen LogP contribution in [-0.2, 0) is 19.5 Å². The molecule has 0 atom stereocenters. The summed E-state index contributed by atoms with van der Waals surface area (Å²) in [6, 6.07) is 17.1. The first-order valence-corrected chi connectivity index (χ1v) is 11.3. The number of amides is 1. The number of nitrogens with two attached hydrogens (primary N) is 1. The summed E-state index contributed by atoms with van der Waals surface area (Å²) in [6.45, 7) is 4.30. The van der Waals surface area contributed by atoms with E-state index in [2.05, 4.69) is 40.5 Å². The number of carbonyl (C=O) groups excluding carboxylic acids is 1. The fourth-order valence-electron chi connectivity index (χ4n) is 4.06. The van der Waals surface area contributed by atoms with Gasteiger partial charge in [-0.1, -0.05) is 36.4 Å². The third-order valence-corrected chi connectivity index (χ3v) is 6.95. The molecule has 0 saturated heterocycles. The fraction of sp³-hybridized carbons (Fsp3) is 0.200. The molecule has 32 heavy (non-hydrogen) atoms. The van der Waals surface area contributed by atoms with Crippen molar-refractivity contribution in [3.8, 4) is 0 Å². The third kappa shape index (κ3) is 3.97. The number of aromatic nitrogens is 1. The van der Waals surface area contributed by atoms with Crippen LogP contribution in [0, 0.1) is 12.7 Å². The number of hydrogen-bond donors (Lipinski definition) is 2. The summed E-state index contributed by atoms with van der Waals surface area (Å²) < 4.78 is 13.8. The zero-order chi connectivity index (χ0) is 22.2. The highest BCUT2D eigenvalue weighted by molar-refractivity contribution is 7.21. The van der Waals surface area contributed by atoms with Crippen LogP contribution in [0.15, 0.2) is 54.6 Å². The minimum atomic E-state index is -0.360. The van der Waals surface area contributed by atoms with E-state index >= 15 is 0 Å². The number of anilines is 2. The number of rotatable bonds is 4. The third-order valence-electron chi connectivity index (χ3n) is 5.83. The molecule has 0 unspecified atom stereocenters. The van der Waals surface area contributed by atoms with Crippen LogP contribution in [0.1, 0.15) is 32.1 Å². The van der Waals surface area contributed by atoms with E-state index in [1.54, 1.807) is 19.1 Å². The molecule has 3 heterocycles. The van der Waals surface area contributed by atoms with Gasteiger partial charge in [-0.15, -0.1) is 11.3 Å². The smallest absolute Gasteiger partial charge is 0.267 e. The van der Waals surface area contributed by atoms with Crippen molar-refractivity contribution in [2.75, 3.05) is 17.6 Å². The van der Waals surface area contributed by atoms with Gasteiger partial charge in [0.15, 0.2) is 0 Å². The Balaban J connectivity index is 1.39. The summed E-state index contributed by atoms with van der Waals surface area (Å²) >= 11 is 1.28. The Morgan fingerprint density at radius 2 is 2.03 bits per heavy atom. The maximum absolute atomic E-state index is 13.8. The van der Waals surface area contributed by atoms with Crippen LogP contribution >= 0.6 is 11.3 Å². The van der Waals surface area contributed by atoms with Gasteiger partial charge in [0.25, 0.3) is 5.91 Å². The summed E-state index contributed by atoms with van der Waals surface area (Å²) in [7, 11) is 0. The van der Waals surface area contributed by atoms with Crippen molar-refractivity contribution in [2.24, 2.45) is 0 Å². The number of halogens is 1. The van der Waals surface area contributed by atoms with Crippen molar-refractivity contribution in [3.05, 3.63) is 87.7 Å². The van der Waals surface area contributed by atoms with Gasteiger partial charge < -0.3 is 11.1 Å². The minimum Gasteiger partial charge on any atom is -0.397 e. The molecule has 5 rings (SSSR count). The Labute approximate surface area is 189 Å². The van der Waals surface area contributed by atoms with Gasteiger partial charge in [0.1, 0.15) is 15.5 Å². The quantitative estimate of drug-likeness (QED) is 0.456. The second kappa shape index (κ2) is 8.33. The van der Waals surface area contributed by atoms with E-state index in [9.17, 15) is 9.18 Å². The van der Waals surface area contributed by atoms with Crippen LogP contribution in [0.2, 0.25) is 0 Å². The second-order valence-corrected chi connectivity index (χ2v) is 9.16. The first-order valence-electron chi connectivity index (χ1n) is 10.5. The largest absolute Gasteiger partial charge is 0.397 e. The van der Waals surface area contributed by atoms with E-state index in [1.165, 1.54) is 23.0 Å². The molecule has 0 saturated carbocycles. The summed E-state index contributed by atoms with van der Waals surface area (Å²) in [5.41, 5.74) is 11.2. The standard InChI is InChI=1S/C25H23FN4OS/c1-15-7-8-18(12-20(15)26)28-24(31)23-22(27)19-11-17-14-30(13-16-5-3-2-4-6-16)10-9-21(17)29-25(19)32-23/h2-8,11-12H,9-10,13-14,27H2,1H3,(H,28,31). The SMILES string of the molecule is Cc1ccc(NC(=O)c2sc3nc4c(cc3c2N)CN(Cc2ccccc2)CC4)cc1F. The average molecular weight is 447 g/mol. The molecule has 1 amide bonds. The van der Waals surface area contributed by atoms with Crippen LogP contribution < -0.4 is 11.1 Å². The molecule has 2 aromatic heterocycles. The van der Waals surface area contributed by atoms with Gasteiger partial charge >= 0.3 is 0 Å². The molecular formula is C25H23FN4OS. The van der Waals surface area contributed by atoms with Crippen molar-refractivity contribution >= 4 is 38.8 Å². The van der Waals surface area contributed by atoms with E-state index in [-0.39, 0.29) is 11.7 Å². The Kier molecular flexibility index (Phi) is 5.36. The molecule has 0 spiro atoms. The number of nitrogens with one attached hydrogen (secondary N) is 1. The lowest BCUT2D eigenvalue weighted by atomic mass is 10.0. The first kappa shape index (κ1) is 20.6. The summed E-state index contributed by atoms with van der Waals surface area (Å²) in [5.74, 6) is -0.709. The van der Waals surface area contributed by atoms with Crippen LogP contribution in [0.5, 0.6) is 0 Å². The predicted molar refractivity (Wildman–Crippen MR) is 127 cm³/mol. The predicted octanol–water partition coefficient (Wildman–Crippen LogP) is 5.14. The maximum atomic E-state index is 13.8. The highest BCUT2D eigenvalue weighted by atomic mass is 32.1. The Morgan fingerprint density at radius 3 is 2.81 bits per heavy atom. The molecule has 0 aliphatic carbocycles. The molecule has 1 aliphatic heterocycles. The van der Waals surface area contributed by atoms with Gasteiger partial charge in [-0.25, -0.2) is 9.37 Å². The lowest BCUT2D eigenvalue weighted by molar-refractivity contribution is 0.103. The number of fused-ring (bicyclic) bond motifs is 2. The monoisotopic (exact) mass is 446 g/mol. The number of benzene rings is 2. The molecule has 7 heteroatoms. The average Bonchev–Trinajstić information content (AvgIpc) is 3.11. The zero-order valence-corrected chi connectivity index (χ0v) is 18.5. The first-order chi connectivity index (χ1) is 15.5. The topological polar surface area (TPSA) is 71.2 Å².